The fourth-order valence-electron chi connectivity index (χ4n) is 5.50. The number of aliphatic carboxylic acids is 1. The number of aliphatic hydroxyl groups excluding tert-OH is 1. The van der Waals surface area contributed by atoms with Crippen LogP contribution in [0.4, 0.5) is 0 Å². The summed E-state index contributed by atoms with van der Waals surface area (Å²) in [6, 6.07) is 0. The number of rotatable bonds is 3. The largest absolute Gasteiger partial charge is 0.481 e. The lowest BCUT2D eigenvalue weighted by atomic mass is 9.43. The fourth-order valence-corrected chi connectivity index (χ4v) is 5.50. The first-order valence-electron chi connectivity index (χ1n) is 8.14. The van der Waals surface area contributed by atoms with Crippen molar-refractivity contribution in [3.63, 3.8) is 0 Å². The zero-order valence-corrected chi connectivity index (χ0v) is 12.9. The Labute approximate surface area is 121 Å². The minimum absolute atomic E-state index is 0.182. The van der Waals surface area contributed by atoms with E-state index in [4.69, 9.17) is 0 Å². The lowest BCUT2D eigenvalue weighted by Crippen LogP contribution is -2.61. The van der Waals surface area contributed by atoms with Gasteiger partial charge in [-0.1, -0.05) is 20.8 Å². The van der Waals surface area contributed by atoms with Crippen LogP contribution in [-0.4, -0.2) is 22.3 Å². The number of hydrogen-bond donors (Lipinski definition) is 2. The lowest BCUT2D eigenvalue weighted by molar-refractivity contribution is -0.201. The maximum atomic E-state index is 12.0. The molecule has 0 aliphatic heterocycles. The van der Waals surface area contributed by atoms with E-state index in [0.717, 1.165) is 32.1 Å². The predicted octanol–water partition coefficient (Wildman–Crippen LogP) is 3.31. The van der Waals surface area contributed by atoms with Gasteiger partial charge < -0.3 is 10.2 Å². The highest BCUT2D eigenvalue weighted by atomic mass is 16.4. The Morgan fingerprint density at radius 2 is 1.95 bits per heavy atom. The molecule has 0 spiro atoms. The molecule has 0 aromatic rings. The molecule has 6 atom stereocenters. The summed E-state index contributed by atoms with van der Waals surface area (Å²) in [5.74, 6) is 0.614. The monoisotopic (exact) mass is 280 g/mol. The molecule has 0 radical (unpaired) electrons. The number of aliphatic hydroxyl groups is 1. The van der Waals surface area contributed by atoms with Gasteiger partial charge in [0.2, 0.25) is 0 Å². The van der Waals surface area contributed by atoms with E-state index in [2.05, 4.69) is 20.8 Å². The molecule has 20 heavy (non-hydrogen) atoms. The molecule has 4 aliphatic carbocycles. The van der Waals surface area contributed by atoms with Crippen LogP contribution in [0.3, 0.4) is 0 Å². The van der Waals surface area contributed by atoms with E-state index in [1.54, 1.807) is 0 Å². The van der Waals surface area contributed by atoms with E-state index in [9.17, 15) is 15.0 Å². The molecule has 0 saturated heterocycles. The van der Waals surface area contributed by atoms with Crippen molar-refractivity contribution in [2.75, 3.05) is 0 Å². The quantitative estimate of drug-likeness (QED) is 0.834. The summed E-state index contributed by atoms with van der Waals surface area (Å²) in [6.45, 7) is 6.65. The van der Waals surface area contributed by atoms with Crippen molar-refractivity contribution in [2.45, 2.75) is 65.4 Å². The second-order valence-corrected chi connectivity index (χ2v) is 8.83. The molecule has 114 valence electrons. The van der Waals surface area contributed by atoms with E-state index in [0.29, 0.717) is 12.3 Å². The highest BCUT2D eigenvalue weighted by molar-refractivity contribution is 5.76. The van der Waals surface area contributed by atoms with Crippen LogP contribution in [-0.2, 0) is 4.79 Å². The molecular weight excluding hydrogens is 252 g/mol. The molecule has 4 fully saturated rings. The minimum atomic E-state index is -0.595. The molecule has 4 aliphatic rings. The molecule has 4 rings (SSSR count). The van der Waals surface area contributed by atoms with Crippen molar-refractivity contribution in [1.29, 1.82) is 0 Å². The fraction of sp³-hybridized carbons (Fsp3) is 0.941. The summed E-state index contributed by atoms with van der Waals surface area (Å²) >= 11 is 0. The molecular formula is C17H28O3. The summed E-state index contributed by atoms with van der Waals surface area (Å²) < 4.78 is 0. The third-order valence-electron chi connectivity index (χ3n) is 6.30. The third-order valence-corrected chi connectivity index (χ3v) is 6.30. The first-order valence-corrected chi connectivity index (χ1v) is 8.14. The molecule has 3 heteroatoms. The zero-order valence-electron chi connectivity index (χ0n) is 12.9. The second-order valence-electron chi connectivity index (χ2n) is 8.83. The van der Waals surface area contributed by atoms with Gasteiger partial charge in [-0.3, -0.25) is 4.79 Å². The summed E-state index contributed by atoms with van der Waals surface area (Å²) in [7, 11) is 0. The Hall–Kier alpha value is -0.570. The zero-order chi connectivity index (χ0) is 14.7. The van der Waals surface area contributed by atoms with Crippen LogP contribution in [0.15, 0.2) is 0 Å². The van der Waals surface area contributed by atoms with Gasteiger partial charge in [0.25, 0.3) is 0 Å². The minimum Gasteiger partial charge on any atom is -0.481 e. The Balaban J connectivity index is 1.87. The van der Waals surface area contributed by atoms with Crippen LogP contribution >= 0.6 is 0 Å². The Kier molecular flexibility index (Phi) is 3.20. The Bertz CT molecular complexity index is 411. The predicted molar refractivity (Wildman–Crippen MR) is 77.2 cm³/mol. The van der Waals surface area contributed by atoms with E-state index in [-0.39, 0.29) is 29.3 Å². The van der Waals surface area contributed by atoms with Gasteiger partial charge in [-0.05, 0) is 67.6 Å². The smallest absolute Gasteiger partial charge is 0.309 e. The van der Waals surface area contributed by atoms with E-state index in [1.807, 2.05) is 0 Å². The van der Waals surface area contributed by atoms with Crippen molar-refractivity contribution in [2.24, 2.45) is 34.5 Å². The maximum Gasteiger partial charge on any atom is 0.309 e. The van der Waals surface area contributed by atoms with Gasteiger partial charge in [-0.2, -0.15) is 0 Å². The van der Waals surface area contributed by atoms with E-state index >= 15 is 0 Å². The van der Waals surface area contributed by atoms with Crippen molar-refractivity contribution in [3.05, 3.63) is 0 Å². The third kappa shape index (κ3) is 2.09. The van der Waals surface area contributed by atoms with Crippen molar-refractivity contribution in [3.8, 4) is 0 Å². The van der Waals surface area contributed by atoms with Gasteiger partial charge in [0, 0.05) is 0 Å². The molecule has 6 unspecified atom stereocenters. The second kappa shape index (κ2) is 4.46. The lowest BCUT2D eigenvalue weighted by Gasteiger charge is -2.61. The molecule has 4 saturated carbocycles. The standard InChI is InChI=1S/C17H28O3/c1-16(2,3)5-4-13-12-7-10-6-11(14(12)18)9-17(13,8-10)15(19)20/h10-14,18H,4-9H2,1-3H3,(H,19,20). The molecule has 0 aromatic heterocycles. The van der Waals surface area contributed by atoms with Crippen LogP contribution in [0.2, 0.25) is 0 Å². The number of carboxylic acids is 1. The number of carbonyl (C=O) groups is 1. The van der Waals surface area contributed by atoms with Crippen LogP contribution in [0.25, 0.3) is 0 Å². The molecule has 3 nitrogen and oxygen atoms in total. The highest BCUT2D eigenvalue weighted by Crippen LogP contribution is 2.64. The SMILES string of the molecule is CC(C)(C)CCC1C2CC3CC(CC1(C(=O)O)C3)C2O. The summed E-state index contributed by atoms with van der Waals surface area (Å²) in [5.41, 5.74) is -0.291. The first-order chi connectivity index (χ1) is 9.23. The van der Waals surface area contributed by atoms with E-state index < -0.39 is 11.4 Å². The van der Waals surface area contributed by atoms with Crippen LogP contribution < -0.4 is 0 Å². The molecule has 0 heterocycles. The van der Waals surface area contributed by atoms with Crippen molar-refractivity contribution >= 4 is 5.97 Å². The van der Waals surface area contributed by atoms with Gasteiger partial charge in [0.15, 0.2) is 0 Å². The Morgan fingerprint density at radius 3 is 2.55 bits per heavy atom. The first kappa shape index (κ1) is 14.4. The molecule has 2 N–H and O–H groups in total. The number of carboxylic acid groups (broad SMARTS) is 1. The average Bonchev–Trinajstić information content (AvgIpc) is 2.32. The topological polar surface area (TPSA) is 57.5 Å². The summed E-state index contributed by atoms with van der Waals surface area (Å²) in [4.78, 5) is 12.0. The van der Waals surface area contributed by atoms with Crippen LogP contribution in [0.1, 0.15) is 59.3 Å². The van der Waals surface area contributed by atoms with Gasteiger partial charge in [-0.25, -0.2) is 0 Å². The normalized spacial score (nSPS) is 46.7. The average molecular weight is 280 g/mol. The van der Waals surface area contributed by atoms with Gasteiger partial charge >= 0.3 is 5.97 Å². The van der Waals surface area contributed by atoms with E-state index in [1.165, 1.54) is 0 Å². The van der Waals surface area contributed by atoms with Gasteiger partial charge in [-0.15, -0.1) is 0 Å². The van der Waals surface area contributed by atoms with Crippen LogP contribution in [0.5, 0.6) is 0 Å². The molecule has 0 amide bonds. The summed E-state index contributed by atoms with van der Waals surface area (Å²) in [5, 5.41) is 20.4. The van der Waals surface area contributed by atoms with Crippen LogP contribution in [0, 0.1) is 34.5 Å². The summed E-state index contributed by atoms with van der Waals surface area (Å²) in [6.07, 6.45) is 5.44. The molecule has 4 bridgehead atoms. The van der Waals surface area contributed by atoms with Crippen molar-refractivity contribution < 1.29 is 15.0 Å². The van der Waals surface area contributed by atoms with Gasteiger partial charge in [0.1, 0.15) is 0 Å². The van der Waals surface area contributed by atoms with Gasteiger partial charge in [0.05, 0.1) is 11.5 Å². The highest BCUT2D eigenvalue weighted by Gasteiger charge is 2.63. The number of hydrogen-bond acceptors (Lipinski definition) is 2. The van der Waals surface area contributed by atoms with Crippen molar-refractivity contribution in [1.82, 2.24) is 0 Å². The molecule has 0 aromatic carbocycles. The Morgan fingerprint density at radius 1 is 1.25 bits per heavy atom. The maximum absolute atomic E-state index is 12.0.